The molecule has 0 N–H and O–H groups in total. The molecule has 16 heteroatoms. The van der Waals surface area contributed by atoms with Gasteiger partial charge in [0.2, 0.25) is 0 Å². The first-order chi connectivity index (χ1) is 26.9. The number of alkyl halides is 6. The van der Waals surface area contributed by atoms with Gasteiger partial charge in [-0.2, -0.15) is 36.5 Å². The molecule has 0 bridgehead atoms. The Kier molecular flexibility index (Phi) is 12.0. The Labute approximate surface area is 318 Å². The Morgan fingerprint density at radius 1 is 0.607 bits per heavy atom. The van der Waals surface area contributed by atoms with Crippen LogP contribution in [0.2, 0.25) is 0 Å². The van der Waals surface area contributed by atoms with Gasteiger partial charge in [-0.3, -0.25) is 9.59 Å². The minimum Gasteiger partial charge on any atom is -0.337 e. The van der Waals surface area contributed by atoms with Crippen LogP contribution in [0, 0.1) is 0 Å². The number of rotatable bonds is 4. The molecule has 2 fully saturated rings. The van der Waals surface area contributed by atoms with Crippen molar-refractivity contribution in [1.29, 1.82) is 0 Å². The second-order valence-electron chi connectivity index (χ2n) is 13.2. The number of carbonyl (C=O) groups is 2. The van der Waals surface area contributed by atoms with Crippen LogP contribution in [-0.2, 0) is 12.4 Å². The van der Waals surface area contributed by atoms with Crippen LogP contribution in [0.5, 0.6) is 0 Å². The molecule has 6 heterocycles. The maximum Gasteiger partial charge on any atom is 0.416 e. The zero-order valence-corrected chi connectivity index (χ0v) is 30.7. The Hall–Kier alpha value is -5.80. The average molecular weight is 779 g/mol. The Balaban J connectivity index is 0.000000182. The number of carbonyl (C=O) groups excluding carboxylic acids is 2. The summed E-state index contributed by atoms with van der Waals surface area (Å²) in [6.45, 7) is 5.60. The number of benzene rings is 2. The number of amides is 2. The second kappa shape index (κ2) is 16.9. The molecule has 56 heavy (non-hydrogen) atoms. The molecule has 0 saturated carbocycles. The fourth-order valence-electron chi connectivity index (χ4n) is 7.20. The van der Waals surface area contributed by atoms with E-state index >= 15 is 0 Å². The minimum atomic E-state index is -4.37. The summed E-state index contributed by atoms with van der Waals surface area (Å²) in [4.78, 5) is 37.0. The molecular formula is C40H40F6N8O2. The van der Waals surface area contributed by atoms with E-state index in [4.69, 9.17) is 0 Å². The van der Waals surface area contributed by atoms with Crippen LogP contribution < -0.4 is 0 Å². The predicted octanol–water partition coefficient (Wildman–Crippen LogP) is 8.56. The highest BCUT2D eigenvalue weighted by Gasteiger charge is 2.37. The van der Waals surface area contributed by atoms with Gasteiger partial charge >= 0.3 is 12.4 Å². The van der Waals surface area contributed by atoms with Gasteiger partial charge in [0, 0.05) is 44.8 Å². The van der Waals surface area contributed by atoms with Gasteiger partial charge in [0.05, 0.1) is 17.3 Å². The van der Waals surface area contributed by atoms with Gasteiger partial charge in [-0.1, -0.05) is 50.2 Å². The number of hydrogen-bond donors (Lipinski definition) is 0. The molecule has 2 aromatic carbocycles. The van der Waals surface area contributed by atoms with Crippen molar-refractivity contribution in [3.63, 3.8) is 0 Å². The molecule has 2 aliphatic heterocycles. The molecule has 2 aliphatic rings. The van der Waals surface area contributed by atoms with Crippen molar-refractivity contribution in [3.8, 4) is 0 Å². The monoisotopic (exact) mass is 778 g/mol. The summed E-state index contributed by atoms with van der Waals surface area (Å²) in [6.07, 6.45) is -0.337. The van der Waals surface area contributed by atoms with Gasteiger partial charge < -0.3 is 9.80 Å². The number of fused-ring (bicyclic) bond motifs is 2. The van der Waals surface area contributed by atoms with E-state index in [9.17, 15) is 35.9 Å². The van der Waals surface area contributed by atoms with Gasteiger partial charge in [-0.15, -0.1) is 0 Å². The van der Waals surface area contributed by atoms with Gasteiger partial charge in [-0.25, -0.2) is 19.0 Å². The van der Waals surface area contributed by atoms with E-state index in [-0.39, 0.29) is 23.7 Å². The second-order valence-corrected chi connectivity index (χ2v) is 13.2. The molecule has 2 amide bonds. The Bertz CT molecular complexity index is 2150. The zero-order chi connectivity index (χ0) is 40.0. The first-order valence-corrected chi connectivity index (χ1v) is 18.4. The number of aromatic nitrogens is 6. The highest BCUT2D eigenvalue weighted by Crippen LogP contribution is 2.40. The molecule has 0 spiro atoms. The molecular weight excluding hydrogens is 738 g/mol. The fraction of sp³-hybridized carbons (Fsp3) is 0.350. The molecule has 294 valence electrons. The SMILES string of the molecule is CC.O=C(c1ccc2nccn2n1)N1CCC(c2ccccc2C(F)(F)F)CC1.O=C(c1cn2ncccc2n1)N1CCC(c2ccccc2C(F)(F)F)CC1. The lowest BCUT2D eigenvalue weighted by atomic mass is 9.86. The summed E-state index contributed by atoms with van der Waals surface area (Å²) < 4.78 is 82.6. The summed E-state index contributed by atoms with van der Waals surface area (Å²) in [5.41, 5.74) is 1.29. The zero-order valence-electron chi connectivity index (χ0n) is 30.7. The topological polar surface area (TPSA) is 101 Å². The first kappa shape index (κ1) is 39.9. The van der Waals surface area contributed by atoms with E-state index in [1.165, 1.54) is 21.2 Å². The standard InChI is InChI=1S/2C19H17F3N4O.C2H6/c20-19(21,22)15-5-2-1-4-14(15)13-7-10-25(11-8-13)18(27)16-12-26-17(24-16)6-3-9-23-26;20-19(21,22)15-4-2-1-3-14(15)13-7-10-25(11-8-13)18(27)16-5-6-17-23-9-12-26(17)24-16;1-2/h2*1-6,9,12-13H,7-8,10-11H2;1-2H3. The molecule has 10 nitrogen and oxygen atoms in total. The molecule has 4 aromatic heterocycles. The third-order valence-corrected chi connectivity index (χ3v) is 9.91. The van der Waals surface area contributed by atoms with Gasteiger partial charge in [0.25, 0.3) is 11.8 Å². The largest absolute Gasteiger partial charge is 0.416 e. The number of piperidine rings is 2. The smallest absolute Gasteiger partial charge is 0.337 e. The van der Waals surface area contributed by atoms with Crippen molar-refractivity contribution < 1.29 is 35.9 Å². The fourth-order valence-corrected chi connectivity index (χ4v) is 7.20. The Morgan fingerprint density at radius 2 is 1.12 bits per heavy atom. The van der Waals surface area contributed by atoms with E-state index in [1.54, 1.807) is 83.1 Å². The Morgan fingerprint density at radius 3 is 1.64 bits per heavy atom. The molecule has 0 unspecified atom stereocenters. The van der Waals surface area contributed by atoms with E-state index in [1.807, 2.05) is 13.8 Å². The molecule has 0 atom stereocenters. The van der Waals surface area contributed by atoms with Crippen molar-refractivity contribution >= 4 is 23.1 Å². The van der Waals surface area contributed by atoms with Crippen molar-refractivity contribution in [2.75, 3.05) is 26.2 Å². The van der Waals surface area contributed by atoms with Crippen molar-refractivity contribution in [1.82, 2.24) is 39.0 Å². The first-order valence-electron chi connectivity index (χ1n) is 18.4. The highest BCUT2D eigenvalue weighted by molar-refractivity contribution is 5.93. The molecule has 2 saturated heterocycles. The lowest BCUT2D eigenvalue weighted by Gasteiger charge is -2.33. The maximum atomic E-state index is 13.3. The molecule has 0 radical (unpaired) electrons. The molecule has 8 rings (SSSR count). The lowest BCUT2D eigenvalue weighted by molar-refractivity contribution is -0.139. The van der Waals surface area contributed by atoms with Crippen molar-refractivity contribution in [3.05, 3.63) is 131 Å². The predicted molar refractivity (Wildman–Crippen MR) is 196 cm³/mol. The number of imidazole rings is 2. The third-order valence-electron chi connectivity index (χ3n) is 9.91. The number of likely N-dealkylation sites (tertiary alicyclic amines) is 2. The highest BCUT2D eigenvalue weighted by atomic mass is 19.4. The molecule has 0 aliphatic carbocycles. The average Bonchev–Trinajstić information content (AvgIpc) is 3.88. The van der Waals surface area contributed by atoms with Gasteiger partial charge in [0.15, 0.2) is 11.3 Å². The normalized spacial score (nSPS) is 15.6. The van der Waals surface area contributed by atoms with Crippen LogP contribution in [0.25, 0.3) is 11.3 Å². The van der Waals surface area contributed by atoms with Crippen LogP contribution >= 0.6 is 0 Å². The van der Waals surface area contributed by atoms with Crippen molar-refractivity contribution in [2.45, 2.75) is 63.7 Å². The summed E-state index contributed by atoms with van der Waals surface area (Å²) in [6, 6.07) is 18.2. The molecule has 6 aromatic rings. The van der Waals surface area contributed by atoms with Crippen molar-refractivity contribution in [2.24, 2.45) is 0 Å². The summed E-state index contributed by atoms with van der Waals surface area (Å²) in [5, 5.41) is 8.34. The van der Waals surface area contributed by atoms with Crippen LogP contribution in [0.3, 0.4) is 0 Å². The van der Waals surface area contributed by atoms with E-state index in [0.29, 0.717) is 85.7 Å². The number of halogens is 6. The van der Waals surface area contributed by atoms with Gasteiger partial charge in [0.1, 0.15) is 11.4 Å². The maximum absolute atomic E-state index is 13.3. The van der Waals surface area contributed by atoms with Crippen LogP contribution in [0.1, 0.15) is 94.6 Å². The lowest BCUT2D eigenvalue weighted by Crippen LogP contribution is -2.38. The van der Waals surface area contributed by atoms with Crippen LogP contribution in [0.4, 0.5) is 26.3 Å². The van der Waals surface area contributed by atoms with E-state index in [0.717, 1.165) is 12.1 Å². The summed E-state index contributed by atoms with van der Waals surface area (Å²) in [7, 11) is 0. The van der Waals surface area contributed by atoms with Crippen LogP contribution in [-0.4, -0.2) is 77.0 Å². The van der Waals surface area contributed by atoms with Gasteiger partial charge in [-0.05, 0) is 85.0 Å². The number of hydrogen-bond acceptors (Lipinski definition) is 6. The summed E-state index contributed by atoms with van der Waals surface area (Å²) >= 11 is 0. The van der Waals surface area contributed by atoms with E-state index in [2.05, 4.69) is 20.2 Å². The quantitative estimate of drug-likeness (QED) is 0.166. The van der Waals surface area contributed by atoms with E-state index < -0.39 is 23.5 Å². The minimum absolute atomic E-state index is 0.212. The number of nitrogens with zero attached hydrogens (tertiary/aromatic N) is 8. The third kappa shape index (κ3) is 8.84. The van der Waals surface area contributed by atoms with Crippen LogP contribution in [0.15, 0.2) is 97.6 Å². The summed E-state index contributed by atoms with van der Waals surface area (Å²) in [5.74, 6) is -0.859.